The molecule has 1 N–H and O–H groups in total. The molecule has 0 aliphatic carbocycles. The van der Waals surface area contributed by atoms with Crippen molar-refractivity contribution in [3.8, 4) is 0 Å². The molecule has 0 atom stereocenters. The Bertz CT molecular complexity index is 366. The monoisotopic (exact) mass is 408 g/mol. The Labute approximate surface area is 145 Å². The van der Waals surface area contributed by atoms with E-state index in [4.69, 9.17) is 0 Å². The van der Waals surface area contributed by atoms with Crippen LogP contribution in [0.15, 0.2) is 17.6 Å². The van der Waals surface area contributed by atoms with Gasteiger partial charge in [-0.05, 0) is 26.2 Å². The van der Waals surface area contributed by atoms with Crippen molar-refractivity contribution in [1.29, 1.82) is 0 Å². The fourth-order valence-electron chi connectivity index (χ4n) is 1.90. The molecule has 1 aromatic heterocycles. The van der Waals surface area contributed by atoms with E-state index in [1.54, 1.807) is 12.7 Å². The molecule has 122 valence electrons. The minimum Gasteiger partial charge on any atom is -0.357 e. The van der Waals surface area contributed by atoms with Gasteiger partial charge in [0.1, 0.15) is 12.7 Å². The molecule has 0 amide bonds. The molecule has 1 aromatic rings. The summed E-state index contributed by atoms with van der Waals surface area (Å²) in [6.45, 7) is 8.11. The summed E-state index contributed by atoms with van der Waals surface area (Å²) in [5, 5.41) is 10.9. The van der Waals surface area contributed by atoms with Crippen LogP contribution in [-0.4, -0.2) is 52.3 Å². The summed E-state index contributed by atoms with van der Waals surface area (Å²) in [5.41, 5.74) is 0. The number of aryl methyl sites for hydroxylation is 1. The van der Waals surface area contributed by atoms with Gasteiger partial charge in [0.15, 0.2) is 5.96 Å². The van der Waals surface area contributed by atoms with Gasteiger partial charge < -0.3 is 14.8 Å². The molecule has 6 nitrogen and oxygen atoms in total. The molecule has 0 aliphatic rings. The van der Waals surface area contributed by atoms with Crippen LogP contribution in [0.25, 0.3) is 0 Å². The zero-order valence-electron chi connectivity index (χ0n) is 13.5. The van der Waals surface area contributed by atoms with Crippen LogP contribution in [0.3, 0.4) is 0 Å². The summed E-state index contributed by atoms with van der Waals surface area (Å²) in [6.07, 6.45) is 8.10. The van der Waals surface area contributed by atoms with Crippen molar-refractivity contribution >= 4 is 29.9 Å². The van der Waals surface area contributed by atoms with E-state index >= 15 is 0 Å². The van der Waals surface area contributed by atoms with Crippen LogP contribution in [-0.2, 0) is 6.54 Å². The van der Waals surface area contributed by atoms with Gasteiger partial charge >= 0.3 is 0 Å². The Balaban J connectivity index is 0.00000400. The van der Waals surface area contributed by atoms with Gasteiger partial charge in [0.2, 0.25) is 0 Å². The van der Waals surface area contributed by atoms with Gasteiger partial charge in [0, 0.05) is 33.2 Å². The van der Waals surface area contributed by atoms with E-state index in [-0.39, 0.29) is 24.0 Å². The second-order valence-corrected chi connectivity index (χ2v) is 4.92. The maximum atomic E-state index is 4.68. The quantitative estimate of drug-likeness (QED) is 0.295. The van der Waals surface area contributed by atoms with Gasteiger partial charge in [-0.2, -0.15) is 0 Å². The lowest BCUT2D eigenvalue weighted by Crippen LogP contribution is -2.39. The molecule has 0 saturated carbocycles. The summed E-state index contributed by atoms with van der Waals surface area (Å²) < 4.78 is 2.00. The predicted molar refractivity (Wildman–Crippen MR) is 98.2 cm³/mol. The topological polar surface area (TPSA) is 58.3 Å². The van der Waals surface area contributed by atoms with Crippen molar-refractivity contribution in [2.75, 3.05) is 26.7 Å². The maximum absolute atomic E-state index is 4.68. The number of aromatic nitrogens is 3. The molecule has 0 radical (unpaired) electrons. The maximum Gasteiger partial charge on any atom is 0.193 e. The van der Waals surface area contributed by atoms with Crippen LogP contribution >= 0.6 is 24.0 Å². The van der Waals surface area contributed by atoms with Crippen molar-refractivity contribution in [1.82, 2.24) is 25.0 Å². The average molecular weight is 408 g/mol. The Hall–Kier alpha value is -0.860. The van der Waals surface area contributed by atoms with E-state index in [9.17, 15) is 0 Å². The second-order valence-electron chi connectivity index (χ2n) is 4.92. The molecule has 0 unspecified atom stereocenters. The van der Waals surface area contributed by atoms with E-state index in [1.165, 1.54) is 12.8 Å². The number of halogens is 1. The standard InChI is InChI=1S/C14H28N6.HI/c1-4-6-10-19(3)14(15-5-2)16-9-7-8-11-20-12-17-18-13-20;/h12-13H,4-11H2,1-3H3,(H,15,16);1H. The van der Waals surface area contributed by atoms with Crippen molar-refractivity contribution < 1.29 is 0 Å². The molecule has 0 aliphatic heterocycles. The van der Waals surface area contributed by atoms with Crippen LogP contribution in [0.2, 0.25) is 0 Å². The largest absolute Gasteiger partial charge is 0.357 e. The normalized spacial score (nSPS) is 11.1. The van der Waals surface area contributed by atoms with E-state index in [1.807, 2.05) is 4.57 Å². The van der Waals surface area contributed by atoms with Crippen molar-refractivity contribution in [3.63, 3.8) is 0 Å². The zero-order valence-corrected chi connectivity index (χ0v) is 15.8. The van der Waals surface area contributed by atoms with E-state index in [0.29, 0.717) is 0 Å². The minimum atomic E-state index is 0. The lowest BCUT2D eigenvalue weighted by atomic mass is 10.3. The van der Waals surface area contributed by atoms with Gasteiger partial charge in [-0.1, -0.05) is 13.3 Å². The molecule has 0 fully saturated rings. The van der Waals surface area contributed by atoms with Crippen LogP contribution in [0.1, 0.15) is 39.5 Å². The number of guanidine groups is 1. The SMILES string of the molecule is CCCCN(C)C(=NCCCCn1cnnc1)NCC.I. The highest BCUT2D eigenvalue weighted by atomic mass is 127. The predicted octanol–water partition coefficient (Wildman–Crippen LogP) is 2.37. The lowest BCUT2D eigenvalue weighted by Gasteiger charge is -2.21. The van der Waals surface area contributed by atoms with Crippen molar-refractivity contribution in [2.24, 2.45) is 4.99 Å². The molecule has 1 rings (SSSR count). The Kier molecular flexibility index (Phi) is 12.3. The van der Waals surface area contributed by atoms with Crippen LogP contribution in [0, 0.1) is 0 Å². The van der Waals surface area contributed by atoms with Gasteiger partial charge in [-0.3, -0.25) is 4.99 Å². The Morgan fingerprint density at radius 3 is 2.52 bits per heavy atom. The number of rotatable bonds is 9. The lowest BCUT2D eigenvalue weighted by molar-refractivity contribution is 0.464. The number of nitrogens with one attached hydrogen (secondary N) is 1. The number of hydrogen-bond acceptors (Lipinski definition) is 3. The number of unbranched alkanes of at least 4 members (excludes halogenated alkanes) is 2. The highest BCUT2D eigenvalue weighted by Crippen LogP contribution is 1.97. The number of hydrogen-bond donors (Lipinski definition) is 1. The summed E-state index contributed by atoms with van der Waals surface area (Å²) in [4.78, 5) is 6.89. The minimum absolute atomic E-state index is 0. The molecule has 0 aromatic carbocycles. The second kappa shape index (κ2) is 12.8. The van der Waals surface area contributed by atoms with Gasteiger partial charge in [0.05, 0.1) is 0 Å². The van der Waals surface area contributed by atoms with Crippen LogP contribution in [0.5, 0.6) is 0 Å². The van der Waals surface area contributed by atoms with E-state index in [0.717, 1.165) is 45.0 Å². The molecule has 1 heterocycles. The number of aliphatic imine (C=N–C) groups is 1. The highest BCUT2D eigenvalue weighted by Gasteiger charge is 2.03. The highest BCUT2D eigenvalue weighted by molar-refractivity contribution is 14.0. The van der Waals surface area contributed by atoms with Gasteiger partial charge in [0.25, 0.3) is 0 Å². The summed E-state index contributed by atoms with van der Waals surface area (Å²) in [5.74, 6) is 1.02. The first-order chi connectivity index (χ1) is 9.77. The van der Waals surface area contributed by atoms with Gasteiger partial charge in [-0.15, -0.1) is 34.2 Å². The third-order valence-corrected chi connectivity index (χ3v) is 3.10. The third kappa shape index (κ3) is 8.90. The first-order valence-electron chi connectivity index (χ1n) is 7.59. The Morgan fingerprint density at radius 2 is 1.90 bits per heavy atom. The molecule has 7 heteroatoms. The smallest absolute Gasteiger partial charge is 0.193 e. The van der Waals surface area contributed by atoms with Crippen LogP contribution < -0.4 is 5.32 Å². The van der Waals surface area contributed by atoms with E-state index < -0.39 is 0 Å². The van der Waals surface area contributed by atoms with Crippen molar-refractivity contribution in [3.05, 3.63) is 12.7 Å². The molecule has 0 saturated heterocycles. The molecule has 21 heavy (non-hydrogen) atoms. The fraction of sp³-hybridized carbons (Fsp3) is 0.786. The third-order valence-electron chi connectivity index (χ3n) is 3.10. The molecular formula is C14H29IN6. The summed E-state index contributed by atoms with van der Waals surface area (Å²) in [6, 6.07) is 0. The van der Waals surface area contributed by atoms with Crippen LogP contribution in [0.4, 0.5) is 0 Å². The van der Waals surface area contributed by atoms with Crippen molar-refractivity contribution in [2.45, 2.75) is 46.1 Å². The first kappa shape index (κ1) is 20.1. The summed E-state index contributed by atoms with van der Waals surface area (Å²) >= 11 is 0. The average Bonchev–Trinajstić information content (AvgIpc) is 2.96. The van der Waals surface area contributed by atoms with Gasteiger partial charge in [-0.25, -0.2) is 0 Å². The molecule has 0 bridgehead atoms. The zero-order chi connectivity index (χ0) is 14.6. The number of nitrogens with zero attached hydrogens (tertiary/aromatic N) is 5. The van der Waals surface area contributed by atoms with E-state index in [2.05, 4.69) is 46.3 Å². The molecule has 0 spiro atoms. The molecular weight excluding hydrogens is 379 g/mol. The Morgan fingerprint density at radius 1 is 1.19 bits per heavy atom. The first-order valence-corrected chi connectivity index (χ1v) is 7.59. The summed E-state index contributed by atoms with van der Waals surface area (Å²) in [7, 11) is 2.11. The fourth-order valence-corrected chi connectivity index (χ4v) is 1.90.